The molecule has 0 radical (unpaired) electrons. The van der Waals surface area contributed by atoms with Gasteiger partial charge in [0.05, 0.1) is 23.4 Å². The SMILES string of the molecule is CC.CCCc1c(C(O)C=O)cc2n(c1=O)Cc1cc3c(ONC)cccc3nc1-2. The number of carbonyl (C=O) groups excluding carboxylic acids is 1. The van der Waals surface area contributed by atoms with Gasteiger partial charge in [0.2, 0.25) is 0 Å². The first-order chi connectivity index (χ1) is 14.6. The lowest BCUT2D eigenvalue weighted by Crippen LogP contribution is -2.26. The monoisotopic (exact) mass is 409 g/mol. The van der Waals surface area contributed by atoms with Gasteiger partial charge in [-0.25, -0.2) is 4.98 Å². The van der Waals surface area contributed by atoms with Gasteiger partial charge in [0.15, 0.2) is 12.0 Å². The summed E-state index contributed by atoms with van der Waals surface area (Å²) < 4.78 is 1.67. The molecular weight excluding hydrogens is 382 g/mol. The topological polar surface area (TPSA) is 93.5 Å². The van der Waals surface area contributed by atoms with E-state index in [1.807, 2.05) is 45.0 Å². The predicted octanol–water partition coefficient (Wildman–Crippen LogP) is 3.15. The number of aromatic nitrogens is 2. The predicted molar refractivity (Wildman–Crippen MR) is 117 cm³/mol. The number of hydrogen-bond acceptors (Lipinski definition) is 6. The highest BCUT2D eigenvalue weighted by atomic mass is 16.6. The highest BCUT2D eigenvalue weighted by molar-refractivity contribution is 5.89. The van der Waals surface area contributed by atoms with Gasteiger partial charge in [-0.15, -0.1) is 0 Å². The summed E-state index contributed by atoms with van der Waals surface area (Å²) in [4.78, 5) is 34.5. The summed E-state index contributed by atoms with van der Waals surface area (Å²) in [6.45, 7) is 6.36. The van der Waals surface area contributed by atoms with Crippen LogP contribution in [-0.4, -0.2) is 28.0 Å². The molecule has 0 saturated carbocycles. The maximum absolute atomic E-state index is 13.1. The van der Waals surface area contributed by atoms with Gasteiger partial charge >= 0.3 is 0 Å². The molecular formula is C23H27N3O4. The molecule has 3 heterocycles. The Labute approximate surface area is 175 Å². The van der Waals surface area contributed by atoms with Gasteiger partial charge < -0.3 is 19.3 Å². The van der Waals surface area contributed by atoms with Crippen molar-refractivity contribution >= 4 is 17.2 Å². The zero-order valence-electron chi connectivity index (χ0n) is 17.7. The van der Waals surface area contributed by atoms with Gasteiger partial charge in [0.1, 0.15) is 6.10 Å². The number of pyridine rings is 2. The van der Waals surface area contributed by atoms with Gasteiger partial charge in [-0.1, -0.05) is 33.3 Å². The van der Waals surface area contributed by atoms with Crippen LogP contribution in [0.5, 0.6) is 5.75 Å². The lowest BCUT2D eigenvalue weighted by atomic mass is 9.99. The van der Waals surface area contributed by atoms with Crippen LogP contribution in [0.1, 0.15) is 50.0 Å². The summed E-state index contributed by atoms with van der Waals surface area (Å²) in [5.41, 5.74) is 6.31. The molecule has 2 N–H and O–H groups in total. The maximum Gasteiger partial charge on any atom is 0.254 e. The van der Waals surface area contributed by atoms with Crippen LogP contribution < -0.4 is 15.9 Å². The van der Waals surface area contributed by atoms with Crippen molar-refractivity contribution in [3.63, 3.8) is 0 Å². The molecule has 4 rings (SSSR count). The molecule has 1 aromatic carbocycles. The second kappa shape index (κ2) is 9.19. The molecule has 0 amide bonds. The number of aliphatic hydroxyl groups excluding tert-OH is 1. The van der Waals surface area contributed by atoms with Crippen molar-refractivity contribution in [3.05, 3.63) is 57.4 Å². The Kier molecular flexibility index (Phi) is 6.64. The van der Waals surface area contributed by atoms with E-state index in [0.717, 1.165) is 22.9 Å². The average Bonchev–Trinajstić information content (AvgIpc) is 3.13. The summed E-state index contributed by atoms with van der Waals surface area (Å²) >= 11 is 0. The van der Waals surface area contributed by atoms with E-state index in [-0.39, 0.29) is 5.56 Å². The van der Waals surface area contributed by atoms with Crippen LogP contribution in [0.3, 0.4) is 0 Å². The lowest BCUT2D eigenvalue weighted by molar-refractivity contribution is -0.115. The highest BCUT2D eigenvalue weighted by Crippen LogP contribution is 2.35. The molecule has 0 aliphatic carbocycles. The number of aldehydes is 1. The number of nitrogens with zero attached hydrogens (tertiary/aromatic N) is 2. The first-order valence-corrected chi connectivity index (χ1v) is 10.3. The van der Waals surface area contributed by atoms with Crippen molar-refractivity contribution in [3.8, 4) is 17.1 Å². The van der Waals surface area contributed by atoms with E-state index in [1.54, 1.807) is 17.7 Å². The van der Waals surface area contributed by atoms with Crippen molar-refractivity contribution in [2.24, 2.45) is 0 Å². The Morgan fingerprint density at radius 1 is 1.33 bits per heavy atom. The first kappa shape index (κ1) is 21.7. The minimum absolute atomic E-state index is 0.177. The van der Waals surface area contributed by atoms with Crippen molar-refractivity contribution < 1.29 is 14.7 Å². The van der Waals surface area contributed by atoms with Gasteiger partial charge in [-0.05, 0) is 36.2 Å². The number of fused-ring (bicyclic) bond motifs is 4. The molecule has 0 fully saturated rings. The molecule has 1 aliphatic heterocycles. The molecule has 1 unspecified atom stereocenters. The van der Waals surface area contributed by atoms with Crippen LogP contribution in [0, 0.1) is 0 Å². The van der Waals surface area contributed by atoms with Crippen LogP contribution >= 0.6 is 0 Å². The second-order valence-corrected chi connectivity index (χ2v) is 6.81. The maximum atomic E-state index is 13.1. The summed E-state index contributed by atoms with van der Waals surface area (Å²) in [5.74, 6) is 0.655. The Bertz CT molecular complexity index is 1140. The highest BCUT2D eigenvalue weighted by Gasteiger charge is 2.27. The Morgan fingerprint density at radius 3 is 2.77 bits per heavy atom. The largest absolute Gasteiger partial charge is 0.408 e. The van der Waals surface area contributed by atoms with Crippen LogP contribution in [-0.2, 0) is 17.8 Å². The minimum atomic E-state index is -1.32. The quantitative estimate of drug-likeness (QED) is 0.375. The zero-order chi connectivity index (χ0) is 21.8. The second-order valence-electron chi connectivity index (χ2n) is 6.81. The van der Waals surface area contributed by atoms with E-state index in [2.05, 4.69) is 5.48 Å². The van der Waals surface area contributed by atoms with E-state index in [1.165, 1.54) is 0 Å². The number of aliphatic hydroxyl groups is 1. The van der Waals surface area contributed by atoms with E-state index in [0.29, 0.717) is 47.5 Å². The fraction of sp³-hybridized carbons (Fsp3) is 0.348. The summed E-state index contributed by atoms with van der Waals surface area (Å²) in [6, 6.07) is 9.28. The van der Waals surface area contributed by atoms with Crippen LogP contribution in [0.15, 0.2) is 35.1 Å². The third-order valence-electron chi connectivity index (χ3n) is 5.06. The summed E-state index contributed by atoms with van der Waals surface area (Å²) in [7, 11) is 1.68. The fourth-order valence-corrected chi connectivity index (χ4v) is 3.82. The molecule has 0 spiro atoms. The molecule has 0 bridgehead atoms. The van der Waals surface area contributed by atoms with E-state index < -0.39 is 6.10 Å². The normalized spacial score (nSPS) is 12.6. The molecule has 158 valence electrons. The van der Waals surface area contributed by atoms with E-state index >= 15 is 0 Å². The summed E-state index contributed by atoms with van der Waals surface area (Å²) in [5, 5.41) is 11.0. The van der Waals surface area contributed by atoms with Crippen molar-refractivity contribution in [1.29, 1.82) is 0 Å². The molecule has 2 aromatic heterocycles. The van der Waals surface area contributed by atoms with Gasteiger partial charge in [0.25, 0.3) is 5.56 Å². The van der Waals surface area contributed by atoms with E-state index in [9.17, 15) is 14.7 Å². The number of carbonyl (C=O) groups is 1. The third-order valence-corrected chi connectivity index (χ3v) is 5.06. The molecule has 30 heavy (non-hydrogen) atoms. The Balaban J connectivity index is 0.00000124. The van der Waals surface area contributed by atoms with Gasteiger partial charge in [0, 0.05) is 23.6 Å². The summed E-state index contributed by atoms with van der Waals surface area (Å²) in [6.07, 6.45) is 0.383. The molecule has 3 aromatic rings. The first-order valence-electron chi connectivity index (χ1n) is 10.3. The van der Waals surface area contributed by atoms with Crippen LogP contribution in [0.4, 0.5) is 0 Å². The number of benzene rings is 1. The number of rotatable bonds is 6. The van der Waals surface area contributed by atoms with Crippen LogP contribution in [0.2, 0.25) is 0 Å². The number of hydroxylamine groups is 1. The van der Waals surface area contributed by atoms with E-state index in [4.69, 9.17) is 9.82 Å². The van der Waals surface area contributed by atoms with Crippen LogP contribution in [0.25, 0.3) is 22.3 Å². The average molecular weight is 409 g/mol. The zero-order valence-corrected chi connectivity index (χ0v) is 17.7. The number of hydrogen-bond donors (Lipinski definition) is 2. The van der Waals surface area contributed by atoms with Crippen molar-refractivity contribution in [2.75, 3.05) is 7.05 Å². The smallest absolute Gasteiger partial charge is 0.254 e. The lowest BCUT2D eigenvalue weighted by Gasteiger charge is -2.14. The van der Waals surface area contributed by atoms with Gasteiger partial charge in [-0.2, -0.15) is 5.48 Å². The fourth-order valence-electron chi connectivity index (χ4n) is 3.82. The molecule has 0 saturated heterocycles. The third kappa shape index (κ3) is 3.62. The minimum Gasteiger partial charge on any atom is -0.408 e. The Morgan fingerprint density at radius 2 is 2.10 bits per heavy atom. The number of nitrogens with one attached hydrogen (secondary N) is 1. The van der Waals surface area contributed by atoms with Gasteiger partial charge in [-0.3, -0.25) is 4.79 Å². The van der Waals surface area contributed by atoms with Crippen molar-refractivity contribution in [2.45, 2.75) is 46.3 Å². The Hall–Kier alpha value is -3.03. The molecule has 7 nitrogen and oxygen atoms in total. The molecule has 1 aliphatic rings. The molecule has 1 atom stereocenters. The standard InChI is InChI=1S/C21H21N3O4.C2H6/c1-3-5-13-14(18(26)11-25)9-17-20-12(10-24(17)21(13)27)8-15-16(23-20)6-4-7-19(15)28-22-2;1-2/h4,6-9,11,18,22,26H,3,5,10H2,1-2H3;1-2H3. The molecule has 7 heteroatoms. The van der Waals surface area contributed by atoms with Crippen molar-refractivity contribution in [1.82, 2.24) is 15.0 Å².